The molecule has 10 heteroatoms. The van der Waals surface area contributed by atoms with E-state index in [9.17, 15) is 19.2 Å². The van der Waals surface area contributed by atoms with Crippen molar-refractivity contribution in [2.75, 3.05) is 13.7 Å². The topological polar surface area (TPSA) is 147 Å². The molecule has 0 aliphatic carbocycles. The first-order valence-corrected chi connectivity index (χ1v) is 10.1. The van der Waals surface area contributed by atoms with Crippen LogP contribution in [0.15, 0.2) is 30.5 Å². The van der Waals surface area contributed by atoms with Crippen LogP contribution in [0.1, 0.15) is 32.8 Å². The number of benzene rings is 1. The van der Waals surface area contributed by atoms with Crippen molar-refractivity contribution >= 4 is 34.7 Å². The van der Waals surface area contributed by atoms with Crippen molar-refractivity contribution in [3.8, 4) is 0 Å². The molecular weight excluding hydrogens is 418 g/mol. The van der Waals surface area contributed by atoms with E-state index < -0.39 is 47.9 Å². The fourth-order valence-corrected chi connectivity index (χ4v) is 3.07. The van der Waals surface area contributed by atoms with Gasteiger partial charge in [0.05, 0.1) is 26.1 Å². The van der Waals surface area contributed by atoms with Gasteiger partial charge in [-0.2, -0.15) is 0 Å². The van der Waals surface area contributed by atoms with Crippen molar-refractivity contribution in [3.05, 3.63) is 36.0 Å². The minimum atomic E-state index is -1.25. The van der Waals surface area contributed by atoms with Crippen LogP contribution in [-0.4, -0.2) is 65.2 Å². The predicted molar refractivity (Wildman–Crippen MR) is 116 cm³/mol. The summed E-state index contributed by atoms with van der Waals surface area (Å²) in [4.78, 5) is 51.4. The van der Waals surface area contributed by atoms with Gasteiger partial charge in [0.25, 0.3) is 0 Å². The molecule has 0 radical (unpaired) electrons. The van der Waals surface area contributed by atoms with Gasteiger partial charge in [-0.1, -0.05) is 18.2 Å². The average molecular weight is 447 g/mol. The number of rotatable bonds is 10. The van der Waals surface area contributed by atoms with Gasteiger partial charge in [0, 0.05) is 23.5 Å². The highest BCUT2D eigenvalue weighted by Crippen LogP contribution is 2.20. The second-order valence-corrected chi connectivity index (χ2v) is 8.27. The molecule has 4 N–H and O–H groups in total. The lowest BCUT2D eigenvalue weighted by Crippen LogP contribution is -2.53. The van der Waals surface area contributed by atoms with E-state index in [0.717, 1.165) is 16.5 Å². The molecule has 32 heavy (non-hydrogen) atoms. The quantitative estimate of drug-likeness (QED) is 0.397. The largest absolute Gasteiger partial charge is 0.481 e. The van der Waals surface area contributed by atoms with Crippen LogP contribution in [0, 0.1) is 0 Å². The molecule has 1 amide bonds. The molecule has 10 nitrogen and oxygen atoms in total. The van der Waals surface area contributed by atoms with Crippen molar-refractivity contribution in [1.29, 1.82) is 0 Å². The van der Waals surface area contributed by atoms with Gasteiger partial charge in [-0.15, -0.1) is 0 Å². The number of aromatic nitrogens is 1. The summed E-state index contributed by atoms with van der Waals surface area (Å²) in [6.45, 7) is 4.77. The second kappa shape index (κ2) is 10.8. The highest BCUT2D eigenvalue weighted by Gasteiger charge is 2.31. The average Bonchev–Trinajstić information content (AvgIpc) is 3.11. The number of carbonyl (C=O) groups is 4. The third-order valence-corrected chi connectivity index (χ3v) is 4.52. The molecule has 1 heterocycles. The first-order valence-electron chi connectivity index (χ1n) is 10.1. The van der Waals surface area contributed by atoms with E-state index in [4.69, 9.17) is 9.84 Å². The molecule has 0 saturated heterocycles. The second-order valence-electron chi connectivity index (χ2n) is 8.27. The first kappa shape index (κ1) is 24.9. The summed E-state index contributed by atoms with van der Waals surface area (Å²) in [5.74, 6) is -3.30. The van der Waals surface area contributed by atoms with E-state index in [1.165, 1.54) is 7.11 Å². The SMILES string of the molecule is COC(=O)CNC(CC(=O)O)C(=O)NC(Cc1c[nH]c2ccccc12)C(=O)OC(C)(C)C. The lowest BCUT2D eigenvalue weighted by Gasteiger charge is -2.26. The third kappa shape index (κ3) is 7.38. The molecule has 0 aliphatic heterocycles. The maximum absolute atomic E-state index is 12.9. The summed E-state index contributed by atoms with van der Waals surface area (Å²) in [5.41, 5.74) is 0.874. The van der Waals surface area contributed by atoms with Crippen LogP contribution < -0.4 is 10.6 Å². The lowest BCUT2D eigenvalue weighted by molar-refractivity contribution is -0.158. The number of H-pyrrole nitrogens is 1. The number of para-hydroxylation sites is 1. The van der Waals surface area contributed by atoms with Gasteiger partial charge in [-0.3, -0.25) is 19.7 Å². The Morgan fingerprint density at radius 2 is 1.81 bits per heavy atom. The Morgan fingerprint density at radius 3 is 2.44 bits per heavy atom. The molecular formula is C22H29N3O7. The Hall–Kier alpha value is -3.40. The normalized spacial score (nSPS) is 13.2. The van der Waals surface area contributed by atoms with Gasteiger partial charge in [-0.05, 0) is 32.4 Å². The van der Waals surface area contributed by atoms with E-state index in [2.05, 4.69) is 20.4 Å². The molecule has 1 aromatic carbocycles. The Bertz CT molecular complexity index is 977. The Kier molecular flexibility index (Phi) is 8.36. The van der Waals surface area contributed by atoms with Gasteiger partial charge in [-0.25, -0.2) is 4.79 Å². The number of esters is 2. The first-order chi connectivity index (χ1) is 15.0. The minimum Gasteiger partial charge on any atom is -0.481 e. The maximum atomic E-state index is 12.9. The number of carboxylic acid groups (broad SMARTS) is 1. The van der Waals surface area contributed by atoms with Crippen molar-refractivity contribution < 1.29 is 33.8 Å². The highest BCUT2D eigenvalue weighted by molar-refractivity contribution is 5.91. The number of methoxy groups -OCH3 is 1. The fraction of sp³-hybridized carbons (Fsp3) is 0.455. The van der Waals surface area contributed by atoms with Crippen molar-refractivity contribution in [1.82, 2.24) is 15.6 Å². The van der Waals surface area contributed by atoms with Gasteiger partial charge in [0.15, 0.2) is 0 Å². The predicted octanol–water partition coefficient (Wildman–Crippen LogP) is 1.14. The number of aliphatic carboxylic acids is 1. The van der Waals surface area contributed by atoms with Crippen molar-refractivity contribution in [3.63, 3.8) is 0 Å². The van der Waals surface area contributed by atoms with E-state index in [0.29, 0.717) is 0 Å². The van der Waals surface area contributed by atoms with Crippen LogP contribution in [-0.2, 0) is 35.1 Å². The number of hydrogen-bond donors (Lipinski definition) is 4. The molecule has 1 aromatic heterocycles. The molecule has 0 spiro atoms. The molecule has 2 rings (SSSR count). The monoisotopic (exact) mass is 447 g/mol. The smallest absolute Gasteiger partial charge is 0.329 e. The summed E-state index contributed by atoms with van der Waals surface area (Å²) in [6, 6.07) is 5.19. The van der Waals surface area contributed by atoms with Crippen LogP contribution in [0.3, 0.4) is 0 Å². The molecule has 2 unspecified atom stereocenters. The Labute approximate surface area is 185 Å². The van der Waals surface area contributed by atoms with Crippen LogP contribution in [0.25, 0.3) is 10.9 Å². The summed E-state index contributed by atoms with van der Waals surface area (Å²) in [6.07, 6.45) is 1.29. The summed E-state index contributed by atoms with van der Waals surface area (Å²) < 4.78 is 9.98. The zero-order chi connectivity index (χ0) is 23.9. The van der Waals surface area contributed by atoms with Crippen molar-refractivity contribution in [2.24, 2.45) is 0 Å². The van der Waals surface area contributed by atoms with Crippen LogP contribution >= 0.6 is 0 Å². The highest BCUT2D eigenvalue weighted by atomic mass is 16.6. The molecule has 0 bridgehead atoms. The zero-order valence-corrected chi connectivity index (χ0v) is 18.6. The maximum Gasteiger partial charge on any atom is 0.329 e. The number of hydrogen-bond acceptors (Lipinski definition) is 7. The van der Waals surface area contributed by atoms with E-state index in [-0.39, 0.29) is 13.0 Å². The van der Waals surface area contributed by atoms with Crippen molar-refractivity contribution in [2.45, 2.75) is 51.3 Å². The van der Waals surface area contributed by atoms with Crippen LogP contribution in [0.5, 0.6) is 0 Å². The van der Waals surface area contributed by atoms with E-state index in [1.54, 1.807) is 27.0 Å². The summed E-state index contributed by atoms with van der Waals surface area (Å²) >= 11 is 0. The number of carbonyl (C=O) groups excluding carboxylic acids is 3. The third-order valence-electron chi connectivity index (χ3n) is 4.52. The van der Waals surface area contributed by atoms with Crippen LogP contribution in [0.2, 0.25) is 0 Å². The lowest BCUT2D eigenvalue weighted by atomic mass is 10.0. The molecule has 2 atom stereocenters. The standard InChI is InChI=1S/C22H29N3O7/c1-22(2,3)32-21(30)17(9-13-11-23-15-8-6-5-7-14(13)15)25-20(29)16(10-18(26)27)24-12-19(28)31-4/h5-8,11,16-17,23-24H,9-10,12H2,1-4H3,(H,25,29)(H,26,27). The molecule has 0 aliphatic rings. The molecule has 0 saturated carbocycles. The Balaban J connectivity index is 2.24. The molecule has 0 fully saturated rings. The van der Waals surface area contributed by atoms with Gasteiger partial charge < -0.3 is 24.9 Å². The number of ether oxygens (including phenoxy) is 2. The molecule has 174 valence electrons. The number of aromatic amines is 1. The zero-order valence-electron chi connectivity index (χ0n) is 18.6. The fourth-order valence-electron chi connectivity index (χ4n) is 3.07. The van der Waals surface area contributed by atoms with Gasteiger partial charge in [0.2, 0.25) is 5.91 Å². The number of carboxylic acids is 1. The summed E-state index contributed by atoms with van der Waals surface area (Å²) in [7, 11) is 1.18. The van der Waals surface area contributed by atoms with E-state index >= 15 is 0 Å². The minimum absolute atomic E-state index is 0.126. The number of nitrogens with one attached hydrogen (secondary N) is 3. The summed E-state index contributed by atoms with van der Waals surface area (Å²) in [5, 5.41) is 15.2. The molecule has 2 aromatic rings. The van der Waals surface area contributed by atoms with Crippen LogP contribution in [0.4, 0.5) is 0 Å². The Morgan fingerprint density at radius 1 is 1.12 bits per heavy atom. The number of amides is 1. The van der Waals surface area contributed by atoms with Gasteiger partial charge >= 0.3 is 17.9 Å². The van der Waals surface area contributed by atoms with E-state index in [1.807, 2.05) is 24.3 Å². The number of fused-ring (bicyclic) bond motifs is 1. The van der Waals surface area contributed by atoms with Gasteiger partial charge in [0.1, 0.15) is 11.6 Å².